The average molecular weight is 338 g/mol. The standard InChI is InChI=1S/C15H13BrFNO2/c16-11-4-1-3-10(14(11)17)15(19)18-12-5-2-6-13-9(12)7-8-20-13/h1,3-4,7-8,12H,2,5-6H2,(H,18,19). The molecule has 1 amide bonds. The Morgan fingerprint density at radius 3 is 3.10 bits per heavy atom. The van der Waals surface area contributed by atoms with Crippen molar-refractivity contribution in [2.45, 2.75) is 25.3 Å². The average Bonchev–Trinajstić information content (AvgIpc) is 2.91. The van der Waals surface area contributed by atoms with Gasteiger partial charge in [-0.2, -0.15) is 0 Å². The van der Waals surface area contributed by atoms with Gasteiger partial charge in [0.15, 0.2) is 0 Å². The van der Waals surface area contributed by atoms with Crippen LogP contribution in [-0.2, 0) is 6.42 Å². The molecule has 0 radical (unpaired) electrons. The molecule has 1 aliphatic rings. The van der Waals surface area contributed by atoms with Crippen LogP contribution in [0.25, 0.3) is 0 Å². The van der Waals surface area contributed by atoms with Crippen LogP contribution in [0.2, 0.25) is 0 Å². The van der Waals surface area contributed by atoms with Gasteiger partial charge in [-0.15, -0.1) is 0 Å². The van der Waals surface area contributed by atoms with Gasteiger partial charge in [-0.05, 0) is 47.0 Å². The molecule has 0 saturated carbocycles. The summed E-state index contributed by atoms with van der Waals surface area (Å²) in [6.45, 7) is 0. The SMILES string of the molecule is O=C(NC1CCCc2occc21)c1cccc(Br)c1F. The summed E-state index contributed by atoms with van der Waals surface area (Å²) in [5, 5.41) is 2.89. The van der Waals surface area contributed by atoms with Crippen molar-refractivity contribution in [1.82, 2.24) is 5.32 Å². The monoisotopic (exact) mass is 337 g/mol. The molecule has 0 aliphatic heterocycles. The molecule has 3 rings (SSSR count). The molecule has 20 heavy (non-hydrogen) atoms. The molecule has 0 spiro atoms. The molecule has 1 N–H and O–H groups in total. The highest BCUT2D eigenvalue weighted by Gasteiger charge is 2.25. The lowest BCUT2D eigenvalue weighted by Crippen LogP contribution is -2.31. The molecule has 0 saturated heterocycles. The number of rotatable bonds is 2. The third-order valence-electron chi connectivity index (χ3n) is 3.55. The predicted octanol–water partition coefficient (Wildman–Crippen LogP) is 3.99. The minimum atomic E-state index is -0.534. The Balaban J connectivity index is 1.83. The molecule has 3 nitrogen and oxygen atoms in total. The third-order valence-corrected chi connectivity index (χ3v) is 4.17. The number of benzene rings is 1. The lowest BCUT2D eigenvalue weighted by molar-refractivity contribution is 0.0928. The van der Waals surface area contributed by atoms with E-state index in [4.69, 9.17) is 4.42 Å². The molecule has 1 aromatic heterocycles. The Hall–Kier alpha value is -1.62. The van der Waals surface area contributed by atoms with Crippen LogP contribution in [0.15, 0.2) is 39.4 Å². The van der Waals surface area contributed by atoms with Gasteiger partial charge < -0.3 is 9.73 Å². The quantitative estimate of drug-likeness (QED) is 0.900. The number of fused-ring (bicyclic) bond motifs is 1. The first kappa shape index (κ1) is 13.4. The molecular weight excluding hydrogens is 325 g/mol. The van der Waals surface area contributed by atoms with Crippen LogP contribution in [0.3, 0.4) is 0 Å². The molecule has 0 fully saturated rings. The highest BCUT2D eigenvalue weighted by atomic mass is 79.9. The molecule has 0 bridgehead atoms. The summed E-state index contributed by atoms with van der Waals surface area (Å²) < 4.78 is 19.6. The minimum Gasteiger partial charge on any atom is -0.469 e. The van der Waals surface area contributed by atoms with E-state index in [0.29, 0.717) is 0 Å². The second-order valence-electron chi connectivity index (χ2n) is 4.82. The van der Waals surface area contributed by atoms with Gasteiger partial charge >= 0.3 is 0 Å². The number of nitrogens with one attached hydrogen (secondary N) is 1. The second kappa shape index (κ2) is 5.40. The molecule has 1 atom stereocenters. The summed E-state index contributed by atoms with van der Waals surface area (Å²) in [5.41, 5.74) is 1.05. The van der Waals surface area contributed by atoms with Crippen molar-refractivity contribution in [3.05, 3.63) is 57.7 Å². The van der Waals surface area contributed by atoms with E-state index in [9.17, 15) is 9.18 Å². The van der Waals surface area contributed by atoms with Crippen LogP contribution in [0, 0.1) is 5.82 Å². The van der Waals surface area contributed by atoms with E-state index in [1.807, 2.05) is 6.07 Å². The van der Waals surface area contributed by atoms with Gasteiger partial charge in [-0.1, -0.05) is 6.07 Å². The maximum atomic E-state index is 13.9. The largest absolute Gasteiger partial charge is 0.469 e. The first-order chi connectivity index (χ1) is 9.66. The van der Waals surface area contributed by atoms with Gasteiger partial charge in [-0.25, -0.2) is 4.39 Å². The zero-order valence-electron chi connectivity index (χ0n) is 10.7. The Kier molecular flexibility index (Phi) is 3.61. The van der Waals surface area contributed by atoms with Gasteiger partial charge in [0.1, 0.15) is 11.6 Å². The van der Waals surface area contributed by atoms with Crippen LogP contribution < -0.4 is 5.32 Å². The molecule has 1 heterocycles. The molecule has 1 unspecified atom stereocenters. The molecular formula is C15H13BrFNO2. The van der Waals surface area contributed by atoms with Crippen molar-refractivity contribution in [3.8, 4) is 0 Å². The molecule has 5 heteroatoms. The van der Waals surface area contributed by atoms with Crippen molar-refractivity contribution >= 4 is 21.8 Å². The number of aryl methyl sites for hydroxylation is 1. The summed E-state index contributed by atoms with van der Waals surface area (Å²) >= 11 is 3.09. The van der Waals surface area contributed by atoms with E-state index in [1.54, 1.807) is 18.4 Å². The number of hydrogen-bond donors (Lipinski definition) is 1. The highest BCUT2D eigenvalue weighted by Crippen LogP contribution is 2.31. The Morgan fingerprint density at radius 1 is 1.40 bits per heavy atom. The van der Waals surface area contributed by atoms with Gasteiger partial charge in [0, 0.05) is 12.0 Å². The number of furan rings is 1. The Labute approximate surface area is 124 Å². The van der Waals surface area contributed by atoms with Crippen LogP contribution in [0.4, 0.5) is 4.39 Å². The van der Waals surface area contributed by atoms with Crippen molar-refractivity contribution < 1.29 is 13.6 Å². The van der Waals surface area contributed by atoms with Crippen molar-refractivity contribution in [2.75, 3.05) is 0 Å². The predicted molar refractivity (Wildman–Crippen MR) is 76.0 cm³/mol. The number of carbonyl (C=O) groups excluding carboxylic acids is 1. The number of amides is 1. The highest BCUT2D eigenvalue weighted by molar-refractivity contribution is 9.10. The molecule has 2 aromatic rings. The van der Waals surface area contributed by atoms with E-state index in [0.717, 1.165) is 30.6 Å². The van der Waals surface area contributed by atoms with Gasteiger partial charge in [0.2, 0.25) is 0 Å². The smallest absolute Gasteiger partial charge is 0.254 e. The van der Waals surface area contributed by atoms with Gasteiger partial charge in [-0.3, -0.25) is 4.79 Å². The summed E-state index contributed by atoms with van der Waals surface area (Å²) in [7, 11) is 0. The van der Waals surface area contributed by atoms with Crippen LogP contribution in [0.1, 0.15) is 40.6 Å². The fourth-order valence-electron chi connectivity index (χ4n) is 2.55. The number of hydrogen-bond acceptors (Lipinski definition) is 2. The summed E-state index contributed by atoms with van der Waals surface area (Å²) in [5.74, 6) is -0.0210. The maximum absolute atomic E-state index is 13.9. The van der Waals surface area contributed by atoms with Crippen LogP contribution >= 0.6 is 15.9 Å². The van der Waals surface area contributed by atoms with Crippen LogP contribution in [0.5, 0.6) is 0 Å². The van der Waals surface area contributed by atoms with E-state index in [2.05, 4.69) is 21.2 Å². The Morgan fingerprint density at radius 2 is 2.25 bits per heavy atom. The van der Waals surface area contributed by atoms with Crippen molar-refractivity contribution in [1.29, 1.82) is 0 Å². The molecule has 104 valence electrons. The maximum Gasteiger partial charge on any atom is 0.254 e. The lowest BCUT2D eigenvalue weighted by Gasteiger charge is -2.22. The fraction of sp³-hybridized carbons (Fsp3) is 0.267. The van der Waals surface area contributed by atoms with E-state index in [-0.39, 0.29) is 16.1 Å². The number of halogens is 2. The third kappa shape index (κ3) is 2.38. The normalized spacial score (nSPS) is 17.6. The topological polar surface area (TPSA) is 42.2 Å². The van der Waals surface area contributed by atoms with Crippen LogP contribution in [-0.4, -0.2) is 5.91 Å². The first-order valence-corrected chi connectivity index (χ1v) is 7.27. The van der Waals surface area contributed by atoms with E-state index >= 15 is 0 Å². The lowest BCUT2D eigenvalue weighted by atomic mass is 9.93. The van der Waals surface area contributed by atoms with E-state index < -0.39 is 11.7 Å². The molecule has 1 aromatic carbocycles. The fourth-order valence-corrected chi connectivity index (χ4v) is 2.92. The van der Waals surface area contributed by atoms with E-state index in [1.165, 1.54) is 6.07 Å². The van der Waals surface area contributed by atoms with Crippen molar-refractivity contribution in [3.63, 3.8) is 0 Å². The van der Waals surface area contributed by atoms with Crippen molar-refractivity contribution in [2.24, 2.45) is 0 Å². The zero-order chi connectivity index (χ0) is 14.1. The molecule has 1 aliphatic carbocycles. The van der Waals surface area contributed by atoms with Gasteiger partial charge in [0.05, 0.1) is 22.3 Å². The Bertz CT molecular complexity index is 653. The first-order valence-electron chi connectivity index (χ1n) is 6.48. The summed E-state index contributed by atoms with van der Waals surface area (Å²) in [6.07, 6.45) is 4.31. The summed E-state index contributed by atoms with van der Waals surface area (Å²) in [6, 6.07) is 6.46. The zero-order valence-corrected chi connectivity index (χ0v) is 12.2. The number of carbonyl (C=O) groups is 1. The van der Waals surface area contributed by atoms with Gasteiger partial charge in [0.25, 0.3) is 5.91 Å². The summed E-state index contributed by atoms with van der Waals surface area (Å²) in [4.78, 5) is 12.2. The second-order valence-corrected chi connectivity index (χ2v) is 5.67. The minimum absolute atomic E-state index is 0.0509.